The van der Waals surface area contributed by atoms with Crippen LogP contribution < -0.4 is 10.6 Å². The van der Waals surface area contributed by atoms with E-state index < -0.39 is 0 Å². The largest absolute Gasteiger partial charge is 0.334 e. The second-order valence-corrected chi connectivity index (χ2v) is 5.57. The van der Waals surface area contributed by atoms with Gasteiger partial charge in [0.25, 0.3) is 0 Å². The van der Waals surface area contributed by atoms with Crippen molar-refractivity contribution < 1.29 is 9.18 Å². The van der Waals surface area contributed by atoms with Crippen molar-refractivity contribution in [2.75, 3.05) is 0 Å². The summed E-state index contributed by atoms with van der Waals surface area (Å²) < 4.78 is 15.2. The molecule has 0 aliphatic heterocycles. The predicted molar refractivity (Wildman–Crippen MR) is 91.5 cm³/mol. The van der Waals surface area contributed by atoms with Crippen molar-refractivity contribution >= 4 is 6.03 Å². The number of aromatic nitrogens is 3. The van der Waals surface area contributed by atoms with Crippen LogP contribution in [0, 0.1) is 5.82 Å². The number of carbonyl (C=O) groups is 1. The number of nitrogens with zero attached hydrogens (tertiary/aromatic N) is 3. The van der Waals surface area contributed by atoms with E-state index in [1.165, 1.54) is 12.4 Å². The number of halogens is 1. The Labute approximate surface area is 144 Å². The summed E-state index contributed by atoms with van der Waals surface area (Å²) in [7, 11) is 0. The van der Waals surface area contributed by atoms with Gasteiger partial charge in [-0.15, -0.1) is 0 Å². The monoisotopic (exact) mass is 339 g/mol. The van der Waals surface area contributed by atoms with Crippen molar-refractivity contribution in [3.05, 3.63) is 78.1 Å². The first-order chi connectivity index (χ1) is 12.1. The van der Waals surface area contributed by atoms with Gasteiger partial charge in [0, 0.05) is 12.1 Å². The molecule has 3 aromatic rings. The summed E-state index contributed by atoms with van der Waals surface area (Å²) in [5, 5.41) is 9.56. The molecule has 3 rings (SSSR count). The number of urea groups is 1. The molecule has 0 fully saturated rings. The van der Waals surface area contributed by atoms with E-state index in [1.54, 1.807) is 29.2 Å². The summed E-state index contributed by atoms with van der Waals surface area (Å²) >= 11 is 0. The van der Waals surface area contributed by atoms with E-state index in [4.69, 9.17) is 0 Å². The molecule has 1 unspecified atom stereocenters. The van der Waals surface area contributed by atoms with E-state index in [1.807, 2.05) is 31.2 Å². The molecular formula is C18H18FN5O. The average molecular weight is 339 g/mol. The molecular weight excluding hydrogens is 321 g/mol. The Hall–Kier alpha value is -3.22. The minimum absolute atomic E-state index is 0.135. The van der Waals surface area contributed by atoms with Crippen LogP contribution in [-0.2, 0) is 6.54 Å². The summed E-state index contributed by atoms with van der Waals surface area (Å²) in [5.41, 5.74) is 2.28. The quantitative estimate of drug-likeness (QED) is 0.751. The number of amides is 2. The standard InChI is InChI=1S/C18H18FN5O/c1-13(14-6-8-16(9-7-14)24-12-20-11-22-24)23-18(25)21-10-15-4-2-3-5-17(15)19/h2-9,11-13H,10H2,1H3,(H2,21,23,25). The minimum atomic E-state index is -0.351. The lowest BCUT2D eigenvalue weighted by atomic mass is 10.1. The fourth-order valence-electron chi connectivity index (χ4n) is 2.41. The van der Waals surface area contributed by atoms with Gasteiger partial charge in [-0.2, -0.15) is 5.10 Å². The summed E-state index contributed by atoms with van der Waals surface area (Å²) in [6.07, 6.45) is 3.09. The van der Waals surface area contributed by atoms with Crippen LogP contribution in [0.25, 0.3) is 5.69 Å². The number of rotatable bonds is 5. The number of hydrogen-bond donors (Lipinski definition) is 2. The molecule has 2 amide bonds. The lowest BCUT2D eigenvalue weighted by molar-refractivity contribution is 0.237. The molecule has 25 heavy (non-hydrogen) atoms. The van der Waals surface area contributed by atoms with Crippen LogP contribution in [0.2, 0.25) is 0 Å². The zero-order chi connectivity index (χ0) is 17.6. The van der Waals surface area contributed by atoms with Gasteiger partial charge in [-0.25, -0.2) is 18.9 Å². The molecule has 1 heterocycles. The third-order valence-electron chi connectivity index (χ3n) is 3.82. The topological polar surface area (TPSA) is 71.8 Å². The SMILES string of the molecule is CC(NC(=O)NCc1ccccc1F)c1ccc(-n2cncn2)cc1. The number of nitrogens with one attached hydrogen (secondary N) is 2. The highest BCUT2D eigenvalue weighted by atomic mass is 19.1. The first-order valence-electron chi connectivity index (χ1n) is 7.86. The van der Waals surface area contributed by atoms with Gasteiger partial charge >= 0.3 is 6.03 Å². The molecule has 0 spiro atoms. The molecule has 2 aromatic carbocycles. The highest BCUT2D eigenvalue weighted by Crippen LogP contribution is 2.15. The Balaban J connectivity index is 1.55. The third-order valence-corrected chi connectivity index (χ3v) is 3.82. The van der Waals surface area contributed by atoms with Gasteiger partial charge in [0.15, 0.2) is 0 Å². The first-order valence-corrected chi connectivity index (χ1v) is 7.86. The van der Waals surface area contributed by atoms with Crippen molar-refractivity contribution in [1.82, 2.24) is 25.4 Å². The van der Waals surface area contributed by atoms with E-state index in [9.17, 15) is 9.18 Å². The van der Waals surface area contributed by atoms with Crippen LogP contribution in [0.4, 0.5) is 9.18 Å². The summed E-state index contributed by atoms with van der Waals surface area (Å²) in [6, 6.07) is 13.5. The molecule has 2 N–H and O–H groups in total. The second-order valence-electron chi connectivity index (χ2n) is 5.57. The molecule has 1 aromatic heterocycles. The van der Waals surface area contributed by atoms with E-state index in [0.717, 1.165) is 11.3 Å². The minimum Gasteiger partial charge on any atom is -0.334 e. The van der Waals surface area contributed by atoms with Crippen LogP contribution in [-0.4, -0.2) is 20.8 Å². The average Bonchev–Trinajstić information content (AvgIpc) is 3.16. The molecule has 128 valence electrons. The number of benzene rings is 2. The Kier molecular flexibility index (Phi) is 5.03. The zero-order valence-electron chi connectivity index (χ0n) is 13.7. The van der Waals surface area contributed by atoms with E-state index in [2.05, 4.69) is 20.7 Å². The fourth-order valence-corrected chi connectivity index (χ4v) is 2.41. The number of carbonyl (C=O) groups excluding carboxylic acids is 1. The normalized spacial score (nSPS) is 11.8. The van der Waals surface area contributed by atoms with Gasteiger partial charge in [0.05, 0.1) is 11.7 Å². The van der Waals surface area contributed by atoms with E-state index in [-0.39, 0.29) is 24.4 Å². The van der Waals surface area contributed by atoms with Crippen molar-refractivity contribution in [1.29, 1.82) is 0 Å². The molecule has 0 saturated carbocycles. The molecule has 6 nitrogen and oxygen atoms in total. The van der Waals surface area contributed by atoms with Crippen molar-refractivity contribution in [2.24, 2.45) is 0 Å². The Bertz CT molecular complexity index is 833. The Morgan fingerprint density at radius 2 is 1.96 bits per heavy atom. The van der Waals surface area contributed by atoms with Gasteiger partial charge < -0.3 is 10.6 Å². The van der Waals surface area contributed by atoms with Crippen LogP contribution in [0.5, 0.6) is 0 Å². The lowest BCUT2D eigenvalue weighted by Gasteiger charge is -2.15. The summed E-state index contributed by atoms with van der Waals surface area (Å²) in [5.74, 6) is -0.334. The van der Waals surface area contributed by atoms with Gasteiger partial charge in [-0.3, -0.25) is 0 Å². The zero-order valence-corrected chi connectivity index (χ0v) is 13.7. The molecule has 0 radical (unpaired) electrons. The predicted octanol–water partition coefficient (Wildman–Crippen LogP) is 2.97. The third kappa shape index (κ3) is 4.20. The maximum absolute atomic E-state index is 13.5. The van der Waals surface area contributed by atoms with E-state index in [0.29, 0.717) is 5.56 Å². The molecule has 0 aliphatic rings. The van der Waals surface area contributed by atoms with Gasteiger partial charge in [0.1, 0.15) is 18.5 Å². The van der Waals surface area contributed by atoms with Crippen molar-refractivity contribution in [3.8, 4) is 5.69 Å². The van der Waals surface area contributed by atoms with E-state index >= 15 is 0 Å². The Morgan fingerprint density at radius 1 is 1.20 bits per heavy atom. The number of hydrogen-bond acceptors (Lipinski definition) is 3. The molecule has 1 atom stereocenters. The summed E-state index contributed by atoms with van der Waals surface area (Å²) in [4.78, 5) is 15.9. The van der Waals surface area contributed by atoms with Gasteiger partial charge in [0.2, 0.25) is 0 Å². The highest BCUT2D eigenvalue weighted by molar-refractivity contribution is 5.74. The molecule has 0 aliphatic carbocycles. The maximum atomic E-state index is 13.5. The summed E-state index contributed by atoms with van der Waals surface area (Å²) in [6.45, 7) is 2.02. The highest BCUT2D eigenvalue weighted by Gasteiger charge is 2.10. The molecule has 7 heteroatoms. The van der Waals surface area contributed by atoms with Gasteiger partial charge in [-0.05, 0) is 30.7 Å². The first kappa shape index (κ1) is 16.6. The maximum Gasteiger partial charge on any atom is 0.315 e. The van der Waals surface area contributed by atoms with Crippen LogP contribution in [0.15, 0.2) is 61.2 Å². The lowest BCUT2D eigenvalue weighted by Crippen LogP contribution is -2.36. The van der Waals surface area contributed by atoms with Gasteiger partial charge in [-0.1, -0.05) is 30.3 Å². The molecule has 0 saturated heterocycles. The van der Waals surface area contributed by atoms with Crippen LogP contribution in [0.3, 0.4) is 0 Å². The second kappa shape index (κ2) is 7.57. The fraction of sp³-hybridized carbons (Fsp3) is 0.167. The van der Waals surface area contributed by atoms with Crippen LogP contribution in [0.1, 0.15) is 24.1 Å². The smallest absolute Gasteiger partial charge is 0.315 e. The Morgan fingerprint density at radius 3 is 2.64 bits per heavy atom. The molecule has 0 bridgehead atoms. The van der Waals surface area contributed by atoms with Crippen molar-refractivity contribution in [2.45, 2.75) is 19.5 Å². The van der Waals surface area contributed by atoms with Crippen LogP contribution >= 0.6 is 0 Å². The van der Waals surface area contributed by atoms with Crippen molar-refractivity contribution in [3.63, 3.8) is 0 Å².